The number of piperidine rings is 1. The number of carbonyl (C=O) groups excluding carboxylic acids is 1. The van der Waals surface area contributed by atoms with E-state index in [2.05, 4.69) is 6.92 Å². The number of sulfonamides is 1. The van der Waals surface area contributed by atoms with Gasteiger partial charge in [-0.2, -0.15) is 0 Å². The number of hydrogen-bond donors (Lipinski definition) is 1. The van der Waals surface area contributed by atoms with Gasteiger partial charge in [0.2, 0.25) is 5.09 Å². The number of nitrogens with two attached hydrogens (primary N) is 1. The van der Waals surface area contributed by atoms with Crippen molar-refractivity contribution in [3.8, 4) is 0 Å². The summed E-state index contributed by atoms with van der Waals surface area (Å²) in [4.78, 5) is 14.5. The van der Waals surface area contributed by atoms with E-state index < -0.39 is 10.0 Å². The second kappa shape index (κ2) is 6.62. The summed E-state index contributed by atoms with van der Waals surface area (Å²) in [5.74, 6) is 0.626. The van der Waals surface area contributed by atoms with Crippen LogP contribution >= 0.6 is 0 Å². The van der Waals surface area contributed by atoms with Gasteiger partial charge in [-0.1, -0.05) is 6.92 Å². The van der Waals surface area contributed by atoms with Gasteiger partial charge in [-0.05, 0) is 25.7 Å². The van der Waals surface area contributed by atoms with Crippen LogP contribution in [-0.4, -0.2) is 56.8 Å². The molecule has 1 aliphatic heterocycles. The molecule has 2 unspecified atom stereocenters. The van der Waals surface area contributed by atoms with Gasteiger partial charge in [0.1, 0.15) is 5.76 Å². The zero-order chi connectivity index (χ0) is 17.4. The fourth-order valence-corrected chi connectivity index (χ4v) is 3.73. The Bertz CT molecular complexity index is 681. The first-order valence-corrected chi connectivity index (χ1v) is 9.16. The minimum absolute atomic E-state index is 0.0190. The van der Waals surface area contributed by atoms with Gasteiger partial charge in [0.05, 0.1) is 5.56 Å². The van der Waals surface area contributed by atoms with E-state index in [9.17, 15) is 13.2 Å². The summed E-state index contributed by atoms with van der Waals surface area (Å²) in [6, 6.07) is 1.30. The number of aryl methyl sites for hydroxylation is 1. The highest BCUT2D eigenvalue weighted by molar-refractivity contribution is 7.88. The Balaban J connectivity index is 2.32. The van der Waals surface area contributed by atoms with Crippen molar-refractivity contribution in [1.82, 2.24) is 9.21 Å². The number of hydrogen-bond acceptors (Lipinski definition) is 5. The molecule has 1 aromatic rings. The van der Waals surface area contributed by atoms with E-state index in [4.69, 9.17) is 10.2 Å². The minimum Gasteiger partial charge on any atom is -0.448 e. The summed E-state index contributed by atoms with van der Waals surface area (Å²) in [7, 11) is -0.856. The lowest BCUT2D eigenvalue weighted by atomic mass is 9.92. The number of rotatable bonds is 4. The predicted molar refractivity (Wildman–Crippen MR) is 86.6 cm³/mol. The molecule has 2 atom stereocenters. The van der Waals surface area contributed by atoms with Gasteiger partial charge < -0.3 is 15.1 Å². The Morgan fingerprint density at radius 1 is 1.48 bits per heavy atom. The molecule has 7 nitrogen and oxygen atoms in total. The molecule has 0 bridgehead atoms. The van der Waals surface area contributed by atoms with Crippen LogP contribution in [0.25, 0.3) is 0 Å². The van der Waals surface area contributed by atoms with E-state index >= 15 is 0 Å². The van der Waals surface area contributed by atoms with Gasteiger partial charge in [0, 0.05) is 39.3 Å². The third-order valence-corrected chi connectivity index (χ3v) is 6.04. The molecule has 1 amide bonds. The Kier molecular flexibility index (Phi) is 5.17. The smallest absolute Gasteiger partial charge is 0.275 e. The summed E-state index contributed by atoms with van der Waals surface area (Å²) >= 11 is 0. The number of carbonyl (C=O) groups is 1. The summed E-state index contributed by atoms with van der Waals surface area (Å²) in [6.07, 6.45) is 1.78. The molecule has 2 rings (SSSR count). The number of likely N-dealkylation sites (tertiary alicyclic amines) is 1. The maximum atomic E-state index is 12.8. The topological polar surface area (TPSA) is 96.8 Å². The zero-order valence-electron chi connectivity index (χ0n) is 14.1. The average molecular weight is 343 g/mol. The Labute approximate surface area is 137 Å². The van der Waals surface area contributed by atoms with E-state index in [1.54, 1.807) is 11.8 Å². The molecule has 1 aromatic heterocycles. The third-order valence-electron chi connectivity index (χ3n) is 4.37. The number of furan rings is 1. The average Bonchev–Trinajstić information content (AvgIpc) is 2.88. The van der Waals surface area contributed by atoms with Crippen LogP contribution in [0.3, 0.4) is 0 Å². The summed E-state index contributed by atoms with van der Waals surface area (Å²) in [5.41, 5.74) is 6.09. The second-order valence-electron chi connectivity index (χ2n) is 6.34. The second-order valence-corrected chi connectivity index (χ2v) is 8.42. The standard InChI is InChI=1S/C15H25N3O4S/c1-10-5-6-18(12(7-10)9-16)15(19)13-8-14(22-11(13)2)23(20,21)17(3)4/h8,10,12H,5-7,9,16H2,1-4H3. The Hall–Kier alpha value is -1.38. The van der Waals surface area contributed by atoms with Crippen LogP contribution in [-0.2, 0) is 10.0 Å². The van der Waals surface area contributed by atoms with Crippen molar-refractivity contribution >= 4 is 15.9 Å². The molecule has 0 aliphatic carbocycles. The van der Waals surface area contributed by atoms with E-state index in [-0.39, 0.29) is 17.0 Å². The van der Waals surface area contributed by atoms with Gasteiger partial charge >= 0.3 is 0 Å². The highest BCUT2D eigenvalue weighted by Crippen LogP contribution is 2.27. The Morgan fingerprint density at radius 2 is 2.13 bits per heavy atom. The van der Waals surface area contributed by atoms with Crippen LogP contribution in [0.15, 0.2) is 15.6 Å². The van der Waals surface area contributed by atoms with Crippen LogP contribution < -0.4 is 5.73 Å². The first-order valence-electron chi connectivity index (χ1n) is 7.72. The Morgan fingerprint density at radius 3 is 2.70 bits per heavy atom. The van der Waals surface area contributed by atoms with Crippen molar-refractivity contribution in [1.29, 1.82) is 0 Å². The molecule has 23 heavy (non-hydrogen) atoms. The van der Waals surface area contributed by atoms with Gasteiger partial charge in [-0.15, -0.1) is 0 Å². The van der Waals surface area contributed by atoms with Gasteiger partial charge in [0.15, 0.2) is 0 Å². The molecule has 1 fully saturated rings. The molecule has 2 N–H and O–H groups in total. The molecular formula is C15H25N3O4S. The van der Waals surface area contributed by atoms with Crippen molar-refractivity contribution in [2.45, 2.75) is 37.8 Å². The van der Waals surface area contributed by atoms with E-state index in [1.807, 2.05) is 0 Å². The molecule has 8 heteroatoms. The van der Waals surface area contributed by atoms with Crippen LogP contribution in [0, 0.1) is 12.8 Å². The first kappa shape index (κ1) is 18.0. The highest BCUT2D eigenvalue weighted by Gasteiger charge is 2.33. The van der Waals surface area contributed by atoms with E-state index in [1.165, 1.54) is 20.2 Å². The zero-order valence-corrected chi connectivity index (χ0v) is 14.9. The molecule has 130 valence electrons. The van der Waals surface area contributed by atoms with Gasteiger partial charge in [-0.25, -0.2) is 12.7 Å². The molecule has 0 spiro atoms. The van der Waals surface area contributed by atoms with Crippen LogP contribution in [0.4, 0.5) is 0 Å². The van der Waals surface area contributed by atoms with Crippen molar-refractivity contribution < 1.29 is 17.6 Å². The maximum Gasteiger partial charge on any atom is 0.275 e. The normalized spacial score (nSPS) is 22.6. The number of amides is 1. The lowest BCUT2D eigenvalue weighted by Crippen LogP contribution is -2.49. The predicted octanol–water partition coefficient (Wildman–Crippen LogP) is 1.04. The first-order chi connectivity index (χ1) is 10.7. The molecule has 0 saturated carbocycles. The lowest BCUT2D eigenvalue weighted by Gasteiger charge is -2.37. The summed E-state index contributed by atoms with van der Waals surface area (Å²) in [5, 5.41) is -0.210. The van der Waals surface area contributed by atoms with Crippen LogP contribution in [0.2, 0.25) is 0 Å². The highest BCUT2D eigenvalue weighted by atomic mass is 32.2. The van der Waals surface area contributed by atoms with Crippen LogP contribution in [0.1, 0.15) is 35.9 Å². The summed E-state index contributed by atoms with van der Waals surface area (Å²) in [6.45, 7) is 4.78. The van der Waals surface area contributed by atoms with E-state index in [0.29, 0.717) is 30.3 Å². The quantitative estimate of drug-likeness (QED) is 0.881. The van der Waals surface area contributed by atoms with Crippen molar-refractivity contribution in [2.24, 2.45) is 11.7 Å². The van der Waals surface area contributed by atoms with Crippen molar-refractivity contribution in [3.63, 3.8) is 0 Å². The molecule has 0 aromatic carbocycles. The minimum atomic E-state index is -3.70. The largest absolute Gasteiger partial charge is 0.448 e. The fraction of sp³-hybridized carbons (Fsp3) is 0.667. The van der Waals surface area contributed by atoms with E-state index in [0.717, 1.165) is 17.1 Å². The third kappa shape index (κ3) is 3.44. The molecule has 0 radical (unpaired) electrons. The maximum absolute atomic E-state index is 12.8. The lowest BCUT2D eigenvalue weighted by molar-refractivity contribution is 0.0572. The van der Waals surface area contributed by atoms with Crippen molar-refractivity contribution in [2.75, 3.05) is 27.2 Å². The van der Waals surface area contributed by atoms with Crippen LogP contribution in [0.5, 0.6) is 0 Å². The molecule has 1 aliphatic rings. The van der Waals surface area contributed by atoms with Crippen molar-refractivity contribution in [3.05, 3.63) is 17.4 Å². The SMILES string of the molecule is Cc1oc(S(=O)(=O)N(C)C)cc1C(=O)N1CCC(C)CC1CN. The molecule has 2 heterocycles. The number of nitrogens with zero attached hydrogens (tertiary/aromatic N) is 2. The monoisotopic (exact) mass is 343 g/mol. The van der Waals surface area contributed by atoms with Gasteiger partial charge in [0.25, 0.3) is 15.9 Å². The molecular weight excluding hydrogens is 318 g/mol. The fourth-order valence-electron chi connectivity index (χ4n) is 2.87. The summed E-state index contributed by atoms with van der Waals surface area (Å²) < 4.78 is 30.7. The van der Waals surface area contributed by atoms with Gasteiger partial charge in [-0.3, -0.25) is 4.79 Å². The molecule has 1 saturated heterocycles.